The minimum atomic E-state index is -0.500. The Morgan fingerprint density at radius 2 is 1.84 bits per heavy atom. The average Bonchev–Trinajstić information content (AvgIpc) is 3.24. The van der Waals surface area contributed by atoms with Gasteiger partial charge in [-0.2, -0.15) is 0 Å². The molecule has 6 nitrogen and oxygen atoms in total. The lowest BCUT2D eigenvalue weighted by Gasteiger charge is -2.33. The number of benzene rings is 2. The first-order chi connectivity index (χ1) is 17.7. The number of methoxy groups -OCH3 is 1. The summed E-state index contributed by atoms with van der Waals surface area (Å²) in [6.45, 7) is 6.76. The van der Waals surface area contributed by atoms with Crippen molar-refractivity contribution in [3.05, 3.63) is 76.2 Å². The number of primary amides is 1. The van der Waals surface area contributed by atoms with Crippen LogP contribution in [-0.2, 0) is 12.8 Å². The van der Waals surface area contributed by atoms with Crippen molar-refractivity contribution in [1.82, 2.24) is 4.98 Å². The highest BCUT2D eigenvalue weighted by atomic mass is 32.1. The molecular formula is C30H31N3O3S. The van der Waals surface area contributed by atoms with Crippen molar-refractivity contribution in [3.8, 4) is 17.0 Å². The third kappa shape index (κ3) is 4.83. The number of hydrogen-bond acceptors (Lipinski definition) is 5. The topological polar surface area (TPSA) is 94.3 Å². The molecule has 190 valence electrons. The van der Waals surface area contributed by atoms with E-state index in [4.69, 9.17) is 15.5 Å². The molecule has 1 atom stereocenters. The Kier molecular flexibility index (Phi) is 6.50. The van der Waals surface area contributed by atoms with Gasteiger partial charge in [0.2, 0.25) is 0 Å². The van der Waals surface area contributed by atoms with Crippen molar-refractivity contribution in [1.29, 1.82) is 0 Å². The zero-order valence-electron chi connectivity index (χ0n) is 21.6. The van der Waals surface area contributed by atoms with E-state index in [0.717, 1.165) is 51.9 Å². The molecule has 3 N–H and O–H groups in total. The molecule has 2 amide bonds. The van der Waals surface area contributed by atoms with E-state index in [1.165, 1.54) is 11.3 Å². The van der Waals surface area contributed by atoms with E-state index >= 15 is 0 Å². The van der Waals surface area contributed by atoms with Crippen LogP contribution in [0.2, 0.25) is 0 Å². The van der Waals surface area contributed by atoms with Crippen LogP contribution in [0.4, 0.5) is 5.00 Å². The number of para-hydroxylation sites is 1. The van der Waals surface area contributed by atoms with Crippen LogP contribution in [-0.4, -0.2) is 23.9 Å². The van der Waals surface area contributed by atoms with Gasteiger partial charge >= 0.3 is 0 Å². The lowest BCUT2D eigenvalue weighted by atomic mass is 9.72. The van der Waals surface area contributed by atoms with Gasteiger partial charge in [-0.15, -0.1) is 11.3 Å². The molecule has 0 aliphatic heterocycles. The van der Waals surface area contributed by atoms with Gasteiger partial charge in [-0.25, -0.2) is 4.98 Å². The van der Waals surface area contributed by atoms with E-state index in [0.29, 0.717) is 27.7 Å². The van der Waals surface area contributed by atoms with Crippen LogP contribution in [0.25, 0.3) is 22.2 Å². The predicted molar refractivity (Wildman–Crippen MR) is 149 cm³/mol. The molecule has 1 aliphatic carbocycles. The summed E-state index contributed by atoms with van der Waals surface area (Å²) in [7, 11) is 1.62. The third-order valence-corrected chi connectivity index (χ3v) is 8.48. The van der Waals surface area contributed by atoms with E-state index in [1.807, 2.05) is 48.5 Å². The Morgan fingerprint density at radius 1 is 1.11 bits per heavy atom. The number of carbonyl (C=O) groups is 2. The second kappa shape index (κ2) is 9.63. The molecule has 0 spiro atoms. The van der Waals surface area contributed by atoms with Crippen LogP contribution >= 0.6 is 11.3 Å². The van der Waals surface area contributed by atoms with E-state index in [2.05, 4.69) is 26.1 Å². The van der Waals surface area contributed by atoms with Gasteiger partial charge in [0.05, 0.1) is 29.4 Å². The summed E-state index contributed by atoms with van der Waals surface area (Å²) in [6, 6.07) is 16.9. The number of hydrogen-bond donors (Lipinski definition) is 2. The first kappa shape index (κ1) is 25.0. The maximum Gasteiger partial charge on any atom is 0.257 e. The first-order valence-electron chi connectivity index (χ1n) is 12.5. The minimum absolute atomic E-state index is 0.172. The molecule has 1 unspecified atom stereocenters. The largest absolute Gasteiger partial charge is 0.497 e. The molecule has 0 bridgehead atoms. The number of thiophene rings is 1. The number of fused-ring (bicyclic) bond motifs is 2. The number of pyridine rings is 1. The van der Waals surface area contributed by atoms with Gasteiger partial charge in [0.1, 0.15) is 10.8 Å². The Bertz CT molecular complexity index is 1500. The number of nitrogens with one attached hydrogen (secondary N) is 1. The molecule has 0 fully saturated rings. The zero-order chi connectivity index (χ0) is 26.3. The second-order valence-corrected chi connectivity index (χ2v) is 11.7. The molecule has 37 heavy (non-hydrogen) atoms. The van der Waals surface area contributed by atoms with Crippen LogP contribution in [0.5, 0.6) is 5.75 Å². The number of nitrogens with zero attached hydrogens (tertiary/aromatic N) is 1. The van der Waals surface area contributed by atoms with Crippen LogP contribution in [0.1, 0.15) is 58.3 Å². The zero-order valence-corrected chi connectivity index (χ0v) is 22.4. The predicted octanol–water partition coefficient (Wildman–Crippen LogP) is 6.47. The number of ether oxygens (including phenoxy) is 1. The van der Waals surface area contributed by atoms with Crippen molar-refractivity contribution in [2.24, 2.45) is 17.1 Å². The van der Waals surface area contributed by atoms with Crippen molar-refractivity contribution >= 4 is 39.1 Å². The number of aromatic nitrogens is 1. The summed E-state index contributed by atoms with van der Waals surface area (Å²) in [6.07, 6.45) is 2.68. The van der Waals surface area contributed by atoms with Crippen molar-refractivity contribution < 1.29 is 14.3 Å². The lowest BCUT2D eigenvalue weighted by molar-refractivity contribution is 0.1000. The molecule has 0 saturated carbocycles. The summed E-state index contributed by atoms with van der Waals surface area (Å²) >= 11 is 1.48. The third-order valence-electron chi connectivity index (χ3n) is 7.31. The highest BCUT2D eigenvalue weighted by Crippen LogP contribution is 2.44. The number of anilines is 1. The Labute approximate surface area is 220 Å². The maximum absolute atomic E-state index is 13.7. The van der Waals surface area contributed by atoms with Gasteiger partial charge in [0.15, 0.2) is 0 Å². The van der Waals surface area contributed by atoms with Crippen molar-refractivity contribution in [2.75, 3.05) is 12.4 Å². The Balaban J connectivity index is 1.54. The number of rotatable bonds is 5. The molecule has 2 aromatic carbocycles. The summed E-state index contributed by atoms with van der Waals surface area (Å²) < 4.78 is 5.27. The molecule has 0 saturated heterocycles. The molecule has 2 heterocycles. The molecule has 2 aromatic heterocycles. The Hall–Kier alpha value is -3.71. The van der Waals surface area contributed by atoms with E-state index in [-0.39, 0.29) is 11.3 Å². The van der Waals surface area contributed by atoms with Gasteiger partial charge in [-0.05, 0) is 72.6 Å². The highest BCUT2D eigenvalue weighted by molar-refractivity contribution is 7.17. The first-order valence-corrected chi connectivity index (χ1v) is 13.3. The van der Waals surface area contributed by atoms with Gasteiger partial charge in [0, 0.05) is 15.8 Å². The van der Waals surface area contributed by atoms with Gasteiger partial charge < -0.3 is 15.8 Å². The van der Waals surface area contributed by atoms with E-state index in [1.54, 1.807) is 13.2 Å². The summed E-state index contributed by atoms with van der Waals surface area (Å²) in [5.74, 6) is 0.471. The SMILES string of the molecule is COc1ccc(-c2cc(C(=O)Nc3sc4c(c3C(N)=O)CCC(C(C)(C)C)C4)c3ccccc3n2)cc1. The lowest BCUT2D eigenvalue weighted by Crippen LogP contribution is -2.27. The summed E-state index contributed by atoms with van der Waals surface area (Å²) in [4.78, 5) is 32.2. The number of nitrogens with two attached hydrogens (primary N) is 1. The number of carbonyl (C=O) groups excluding carboxylic acids is 2. The van der Waals surface area contributed by atoms with Crippen LogP contribution in [0, 0.1) is 11.3 Å². The molecular weight excluding hydrogens is 482 g/mol. The quantitative estimate of drug-likeness (QED) is 0.320. The summed E-state index contributed by atoms with van der Waals surface area (Å²) in [5, 5.41) is 4.31. The fraction of sp³-hybridized carbons (Fsp3) is 0.300. The maximum atomic E-state index is 13.7. The van der Waals surface area contributed by atoms with Gasteiger partial charge in [0.25, 0.3) is 11.8 Å². The van der Waals surface area contributed by atoms with Gasteiger partial charge in [-0.3, -0.25) is 9.59 Å². The van der Waals surface area contributed by atoms with Crippen molar-refractivity contribution in [2.45, 2.75) is 40.0 Å². The smallest absolute Gasteiger partial charge is 0.257 e. The molecule has 7 heteroatoms. The van der Waals surface area contributed by atoms with Crippen LogP contribution in [0.3, 0.4) is 0 Å². The van der Waals surface area contributed by atoms with E-state index in [9.17, 15) is 9.59 Å². The minimum Gasteiger partial charge on any atom is -0.497 e. The second-order valence-electron chi connectivity index (χ2n) is 10.6. The van der Waals surface area contributed by atoms with Crippen LogP contribution in [0.15, 0.2) is 54.6 Å². The Morgan fingerprint density at radius 3 is 2.51 bits per heavy atom. The van der Waals surface area contributed by atoms with Crippen LogP contribution < -0.4 is 15.8 Å². The monoisotopic (exact) mass is 513 g/mol. The molecule has 1 aliphatic rings. The summed E-state index contributed by atoms with van der Waals surface area (Å²) in [5.41, 5.74) is 10.2. The highest BCUT2D eigenvalue weighted by Gasteiger charge is 2.33. The molecule has 5 rings (SSSR count). The van der Waals surface area contributed by atoms with Gasteiger partial charge in [-0.1, -0.05) is 39.0 Å². The standard InChI is InChI=1S/C30H31N3O3S/c1-30(2,3)18-11-14-21-25(15-18)37-29(26(21)27(31)34)33-28(35)22-16-24(17-9-12-19(36-4)13-10-17)32-23-8-6-5-7-20(22)23/h5-10,12-13,16,18H,11,14-15H2,1-4H3,(H2,31,34)(H,33,35). The number of amides is 2. The fourth-order valence-corrected chi connectivity index (χ4v) is 6.45. The molecule has 0 radical (unpaired) electrons. The molecule has 4 aromatic rings. The normalized spacial score (nSPS) is 15.3. The fourth-order valence-electron chi connectivity index (χ4n) is 5.12. The van der Waals surface area contributed by atoms with E-state index < -0.39 is 5.91 Å². The van der Waals surface area contributed by atoms with Crippen molar-refractivity contribution in [3.63, 3.8) is 0 Å². The average molecular weight is 514 g/mol.